The molecule has 35 heavy (non-hydrogen) atoms. The number of hydrogen-bond donors (Lipinski definition) is 1. The molecule has 0 bridgehead atoms. The lowest BCUT2D eigenvalue weighted by Gasteiger charge is -2.35. The van der Waals surface area contributed by atoms with E-state index in [0.717, 1.165) is 44.7 Å². The van der Waals surface area contributed by atoms with Crippen molar-refractivity contribution in [1.29, 1.82) is 0 Å². The van der Waals surface area contributed by atoms with Crippen molar-refractivity contribution in [3.63, 3.8) is 0 Å². The molecule has 1 atom stereocenters. The van der Waals surface area contributed by atoms with Crippen molar-refractivity contribution in [2.24, 2.45) is 0 Å². The Labute approximate surface area is 212 Å². The normalized spacial score (nSPS) is 15.4. The fourth-order valence-corrected chi connectivity index (χ4v) is 5.35. The first kappa shape index (κ1) is 23.7. The van der Waals surface area contributed by atoms with E-state index in [1.807, 2.05) is 23.1 Å². The molecule has 4 aromatic rings. The molecule has 5 rings (SSSR count). The smallest absolute Gasteiger partial charge is 0.223 e. The van der Waals surface area contributed by atoms with E-state index in [1.165, 1.54) is 27.6 Å². The number of rotatable bonds is 7. The number of nitrogens with one attached hydrogen (secondary N) is 1. The number of halogens is 1. The maximum absolute atomic E-state index is 13.5. The van der Waals surface area contributed by atoms with Gasteiger partial charge in [-0.15, -0.1) is 0 Å². The first-order valence-electron chi connectivity index (χ1n) is 12.5. The molecule has 1 saturated heterocycles. The van der Waals surface area contributed by atoms with Gasteiger partial charge in [-0.05, 0) is 40.8 Å². The highest BCUT2D eigenvalue weighted by Gasteiger charge is 2.27. The average molecular weight is 486 g/mol. The maximum atomic E-state index is 13.5. The molecule has 1 N–H and O–H groups in total. The number of H-pyrrole nitrogens is 1. The number of amides is 1. The summed E-state index contributed by atoms with van der Waals surface area (Å²) < 4.78 is 0. The van der Waals surface area contributed by atoms with Crippen molar-refractivity contribution >= 4 is 28.4 Å². The number of nitrogens with zero attached hydrogens (tertiary/aromatic N) is 2. The van der Waals surface area contributed by atoms with Crippen LogP contribution in [0.2, 0.25) is 5.02 Å². The number of carbonyl (C=O) groups excluding carboxylic acids is 1. The summed E-state index contributed by atoms with van der Waals surface area (Å²) in [7, 11) is 0. The van der Waals surface area contributed by atoms with E-state index in [9.17, 15) is 4.79 Å². The van der Waals surface area contributed by atoms with Gasteiger partial charge in [-0.2, -0.15) is 0 Å². The monoisotopic (exact) mass is 485 g/mol. The highest BCUT2D eigenvalue weighted by molar-refractivity contribution is 6.30. The summed E-state index contributed by atoms with van der Waals surface area (Å²) in [5.74, 6) is 0.188. The number of aromatic nitrogens is 1. The van der Waals surface area contributed by atoms with Gasteiger partial charge < -0.3 is 9.88 Å². The van der Waals surface area contributed by atoms with Crippen molar-refractivity contribution in [3.05, 3.63) is 106 Å². The SMILES string of the molecule is CCc1cccc2c([C@H](CC(=O)N3CCN(Cc4ccccc4)CC3)c3ccc(Cl)cc3)c[nH]c12. The van der Waals surface area contributed by atoms with Crippen molar-refractivity contribution in [2.75, 3.05) is 26.2 Å². The molecular formula is C30H32ClN3O. The van der Waals surface area contributed by atoms with Crippen LogP contribution >= 0.6 is 11.6 Å². The van der Waals surface area contributed by atoms with Gasteiger partial charge in [0.1, 0.15) is 0 Å². The largest absolute Gasteiger partial charge is 0.361 e. The Morgan fingerprint density at radius 1 is 0.943 bits per heavy atom. The van der Waals surface area contributed by atoms with Crippen molar-refractivity contribution in [2.45, 2.75) is 32.2 Å². The third-order valence-electron chi connectivity index (χ3n) is 7.22. The summed E-state index contributed by atoms with van der Waals surface area (Å²) in [5, 5.41) is 1.91. The minimum absolute atomic E-state index is 0.0250. The number of para-hydroxylation sites is 1. The van der Waals surface area contributed by atoms with Gasteiger partial charge in [0.25, 0.3) is 0 Å². The van der Waals surface area contributed by atoms with E-state index in [1.54, 1.807) is 0 Å². The molecule has 1 aromatic heterocycles. The number of piperazine rings is 1. The number of carbonyl (C=O) groups is 1. The number of hydrogen-bond acceptors (Lipinski definition) is 2. The predicted octanol–water partition coefficient (Wildman–Crippen LogP) is 6.25. The van der Waals surface area contributed by atoms with Gasteiger partial charge >= 0.3 is 0 Å². The van der Waals surface area contributed by atoms with Crippen LogP contribution in [0.5, 0.6) is 0 Å². The summed E-state index contributed by atoms with van der Waals surface area (Å²) in [6, 6.07) is 24.9. The quantitative estimate of drug-likeness (QED) is 0.336. The van der Waals surface area contributed by atoms with E-state index >= 15 is 0 Å². The minimum atomic E-state index is -0.0250. The van der Waals surface area contributed by atoms with Crippen molar-refractivity contribution < 1.29 is 4.79 Å². The summed E-state index contributed by atoms with van der Waals surface area (Å²) in [6.45, 7) is 6.45. The second-order valence-electron chi connectivity index (χ2n) is 9.39. The standard InChI is InChI=1S/C30H32ClN3O/c1-2-23-9-6-10-26-28(20-32-30(23)26)27(24-11-13-25(31)14-12-24)19-29(35)34-17-15-33(16-18-34)21-22-7-4-3-5-8-22/h3-14,20,27,32H,2,15-19,21H2,1H3/t27-/m1/s1. The van der Waals surface area contributed by atoms with Crippen LogP contribution in [0.3, 0.4) is 0 Å². The summed E-state index contributed by atoms with van der Waals surface area (Å²) in [4.78, 5) is 21.5. The zero-order valence-corrected chi connectivity index (χ0v) is 21.0. The third kappa shape index (κ3) is 5.29. The predicted molar refractivity (Wildman–Crippen MR) is 144 cm³/mol. The fraction of sp³-hybridized carbons (Fsp3) is 0.300. The van der Waals surface area contributed by atoms with E-state index in [2.05, 4.69) is 77.6 Å². The molecule has 180 valence electrons. The van der Waals surface area contributed by atoms with E-state index in [-0.39, 0.29) is 11.8 Å². The van der Waals surface area contributed by atoms with E-state index in [4.69, 9.17) is 11.6 Å². The Kier molecular flexibility index (Phi) is 7.21. The van der Waals surface area contributed by atoms with Gasteiger partial charge in [0, 0.05) is 67.2 Å². The molecule has 0 spiro atoms. The molecule has 0 unspecified atom stereocenters. The Hall–Kier alpha value is -3.08. The van der Waals surface area contributed by atoms with Crippen LogP contribution in [0, 0.1) is 0 Å². The Balaban J connectivity index is 1.34. The first-order valence-corrected chi connectivity index (χ1v) is 12.9. The van der Waals surface area contributed by atoms with Crippen LogP contribution in [0.15, 0.2) is 79.0 Å². The maximum Gasteiger partial charge on any atom is 0.223 e. The fourth-order valence-electron chi connectivity index (χ4n) is 5.22. The molecule has 1 aliphatic rings. The first-order chi connectivity index (χ1) is 17.1. The van der Waals surface area contributed by atoms with Gasteiger partial charge in [0.05, 0.1) is 0 Å². The molecular weight excluding hydrogens is 454 g/mol. The number of fused-ring (bicyclic) bond motifs is 1. The summed E-state index contributed by atoms with van der Waals surface area (Å²) in [6.07, 6.45) is 3.51. The Morgan fingerprint density at radius 2 is 1.69 bits per heavy atom. The Morgan fingerprint density at radius 3 is 2.40 bits per heavy atom. The van der Waals surface area contributed by atoms with E-state index < -0.39 is 0 Å². The lowest BCUT2D eigenvalue weighted by Crippen LogP contribution is -2.48. The lowest BCUT2D eigenvalue weighted by molar-refractivity contribution is -0.133. The van der Waals surface area contributed by atoms with Gasteiger partial charge in [0.15, 0.2) is 0 Å². The molecule has 1 fully saturated rings. The van der Waals surface area contributed by atoms with Crippen LogP contribution in [0.4, 0.5) is 0 Å². The zero-order chi connectivity index (χ0) is 24.2. The molecule has 3 aromatic carbocycles. The number of benzene rings is 3. The van der Waals surface area contributed by atoms with Crippen LogP contribution < -0.4 is 0 Å². The molecule has 4 nitrogen and oxygen atoms in total. The highest BCUT2D eigenvalue weighted by atomic mass is 35.5. The minimum Gasteiger partial charge on any atom is -0.361 e. The van der Waals surface area contributed by atoms with Gasteiger partial charge in [-0.1, -0.05) is 79.2 Å². The van der Waals surface area contributed by atoms with Crippen LogP contribution in [0.25, 0.3) is 10.9 Å². The van der Waals surface area contributed by atoms with E-state index in [0.29, 0.717) is 11.4 Å². The number of aryl methyl sites for hydroxylation is 1. The van der Waals surface area contributed by atoms with Gasteiger partial charge in [0.2, 0.25) is 5.91 Å². The molecule has 1 amide bonds. The second kappa shape index (κ2) is 10.7. The second-order valence-corrected chi connectivity index (χ2v) is 9.82. The van der Waals surface area contributed by atoms with Crippen LogP contribution in [-0.2, 0) is 17.8 Å². The Bertz CT molecular complexity index is 1270. The highest BCUT2D eigenvalue weighted by Crippen LogP contribution is 2.35. The number of aromatic amines is 1. The molecule has 0 radical (unpaired) electrons. The van der Waals surface area contributed by atoms with Gasteiger partial charge in [-0.25, -0.2) is 0 Å². The van der Waals surface area contributed by atoms with Crippen LogP contribution in [-0.4, -0.2) is 46.9 Å². The molecule has 0 saturated carbocycles. The van der Waals surface area contributed by atoms with Crippen molar-refractivity contribution in [1.82, 2.24) is 14.8 Å². The van der Waals surface area contributed by atoms with Gasteiger partial charge in [-0.3, -0.25) is 9.69 Å². The summed E-state index contributed by atoms with van der Waals surface area (Å²) >= 11 is 6.19. The van der Waals surface area contributed by atoms with Crippen LogP contribution in [0.1, 0.15) is 41.5 Å². The van der Waals surface area contributed by atoms with Crippen molar-refractivity contribution in [3.8, 4) is 0 Å². The topological polar surface area (TPSA) is 39.3 Å². The zero-order valence-electron chi connectivity index (χ0n) is 20.2. The summed E-state index contributed by atoms with van der Waals surface area (Å²) in [5.41, 5.74) is 6.08. The molecule has 0 aliphatic carbocycles. The molecule has 5 heteroatoms. The lowest BCUT2D eigenvalue weighted by atomic mass is 9.87. The molecule has 1 aliphatic heterocycles. The third-order valence-corrected chi connectivity index (χ3v) is 7.47. The molecule has 2 heterocycles. The average Bonchev–Trinajstić information content (AvgIpc) is 3.33.